The zero-order valence-corrected chi connectivity index (χ0v) is 11.9. The van der Waals surface area contributed by atoms with Crippen molar-refractivity contribution in [3.05, 3.63) is 42.0 Å². The molecule has 0 radical (unpaired) electrons. The van der Waals surface area contributed by atoms with Gasteiger partial charge >= 0.3 is 6.03 Å². The first-order valence-electron chi connectivity index (χ1n) is 6.45. The Balaban J connectivity index is 2.14. The number of aromatic nitrogens is 2. The van der Waals surface area contributed by atoms with Crippen LogP contribution in [-0.4, -0.2) is 46.0 Å². The lowest BCUT2D eigenvalue weighted by atomic mass is 10.2. The van der Waals surface area contributed by atoms with Gasteiger partial charge in [0.1, 0.15) is 5.69 Å². The van der Waals surface area contributed by atoms with Crippen molar-refractivity contribution in [2.75, 3.05) is 25.5 Å². The van der Waals surface area contributed by atoms with Crippen molar-refractivity contribution in [2.24, 2.45) is 0 Å². The Bertz CT molecular complexity index is 642. The van der Waals surface area contributed by atoms with Crippen LogP contribution in [0, 0.1) is 12.7 Å². The maximum Gasteiger partial charge on any atom is 0.321 e. The number of aryl methyl sites for hydroxylation is 1. The summed E-state index contributed by atoms with van der Waals surface area (Å²) in [6.45, 7) is 1.95. The molecule has 0 bridgehead atoms. The number of aliphatic hydroxyl groups is 1. The van der Waals surface area contributed by atoms with E-state index in [9.17, 15) is 9.18 Å². The van der Waals surface area contributed by atoms with Crippen molar-refractivity contribution in [3.8, 4) is 5.69 Å². The Morgan fingerprint density at radius 3 is 2.86 bits per heavy atom. The number of aliphatic hydroxyl groups excluding tert-OH is 1. The summed E-state index contributed by atoms with van der Waals surface area (Å²) >= 11 is 0. The predicted octanol–water partition coefficient (Wildman–Crippen LogP) is 1.78. The molecule has 0 aliphatic rings. The number of amides is 2. The zero-order chi connectivity index (χ0) is 15.4. The van der Waals surface area contributed by atoms with E-state index in [1.807, 2.05) is 6.92 Å². The average Bonchev–Trinajstić information content (AvgIpc) is 2.85. The molecule has 1 aromatic heterocycles. The first-order valence-corrected chi connectivity index (χ1v) is 6.45. The standard InChI is InChI=1S/C14H17FN4O2/c1-10-8-16-19(9-10)13-4-3-11(7-12(13)15)17-14(21)18(2)5-6-20/h3-4,7-9,20H,5-6H2,1-2H3,(H,17,21). The SMILES string of the molecule is Cc1cnn(-c2ccc(NC(=O)N(C)CCO)cc2F)c1. The van der Waals surface area contributed by atoms with Crippen LogP contribution in [0.25, 0.3) is 5.69 Å². The zero-order valence-electron chi connectivity index (χ0n) is 11.9. The van der Waals surface area contributed by atoms with Crippen molar-refractivity contribution in [1.29, 1.82) is 0 Å². The van der Waals surface area contributed by atoms with Gasteiger partial charge < -0.3 is 15.3 Å². The average molecular weight is 292 g/mol. The number of halogens is 1. The smallest absolute Gasteiger partial charge is 0.321 e. The number of rotatable bonds is 4. The number of nitrogens with zero attached hydrogens (tertiary/aromatic N) is 3. The highest BCUT2D eigenvalue weighted by Gasteiger charge is 2.11. The number of hydrogen-bond donors (Lipinski definition) is 2. The van der Waals surface area contributed by atoms with Crippen LogP contribution in [0.15, 0.2) is 30.6 Å². The molecule has 2 rings (SSSR count). The van der Waals surface area contributed by atoms with E-state index >= 15 is 0 Å². The van der Waals surface area contributed by atoms with Gasteiger partial charge in [0, 0.05) is 25.5 Å². The monoisotopic (exact) mass is 292 g/mol. The summed E-state index contributed by atoms with van der Waals surface area (Å²) in [5.74, 6) is -0.485. The summed E-state index contributed by atoms with van der Waals surface area (Å²) in [6, 6.07) is 3.96. The molecule has 2 aromatic rings. The van der Waals surface area contributed by atoms with E-state index in [0.29, 0.717) is 11.4 Å². The second kappa shape index (κ2) is 6.36. The molecule has 0 atom stereocenters. The van der Waals surface area contributed by atoms with Gasteiger partial charge in [0.15, 0.2) is 5.82 Å². The normalized spacial score (nSPS) is 10.5. The molecule has 0 fully saturated rings. The lowest BCUT2D eigenvalue weighted by Gasteiger charge is -2.16. The minimum atomic E-state index is -0.485. The molecule has 0 saturated carbocycles. The van der Waals surface area contributed by atoms with Gasteiger partial charge in [0.05, 0.1) is 12.8 Å². The predicted molar refractivity (Wildman–Crippen MR) is 77.0 cm³/mol. The van der Waals surface area contributed by atoms with Crippen molar-refractivity contribution in [2.45, 2.75) is 6.92 Å². The van der Waals surface area contributed by atoms with E-state index in [1.54, 1.807) is 31.6 Å². The molecule has 1 heterocycles. The minimum Gasteiger partial charge on any atom is -0.395 e. The number of likely N-dealkylation sites (N-methyl/N-ethyl adjacent to an activating group) is 1. The summed E-state index contributed by atoms with van der Waals surface area (Å²) in [4.78, 5) is 13.0. The topological polar surface area (TPSA) is 70.4 Å². The van der Waals surface area contributed by atoms with Crippen LogP contribution in [0.5, 0.6) is 0 Å². The van der Waals surface area contributed by atoms with Crippen LogP contribution in [0.2, 0.25) is 0 Å². The van der Waals surface area contributed by atoms with Crippen molar-refractivity contribution in [1.82, 2.24) is 14.7 Å². The molecule has 0 unspecified atom stereocenters. The number of hydrogen-bond acceptors (Lipinski definition) is 3. The van der Waals surface area contributed by atoms with E-state index in [2.05, 4.69) is 10.4 Å². The highest BCUT2D eigenvalue weighted by atomic mass is 19.1. The molecule has 0 aliphatic carbocycles. The largest absolute Gasteiger partial charge is 0.395 e. The van der Waals surface area contributed by atoms with Crippen molar-refractivity contribution >= 4 is 11.7 Å². The maximum absolute atomic E-state index is 14.1. The third-order valence-corrected chi connectivity index (χ3v) is 2.94. The number of benzene rings is 1. The van der Waals surface area contributed by atoms with Gasteiger partial charge in [0.25, 0.3) is 0 Å². The lowest BCUT2D eigenvalue weighted by Crippen LogP contribution is -2.33. The summed E-state index contributed by atoms with van der Waals surface area (Å²) in [6.07, 6.45) is 3.35. The third-order valence-electron chi connectivity index (χ3n) is 2.94. The van der Waals surface area contributed by atoms with Gasteiger partial charge in [-0.15, -0.1) is 0 Å². The highest BCUT2D eigenvalue weighted by molar-refractivity contribution is 5.89. The number of carbonyl (C=O) groups excluding carboxylic acids is 1. The fraction of sp³-hybridized carbons (Fsp3) is 0.286. The van der Waals surface area contributed by atoms with Crippen molar-refractivity contribution in [3.63, 3.8) is 0 Å². The van der Waals surface area contributed by atoms with Crippen molar-refractivity contribution < 1.29 is 14.3 Å². The van der Waals surface area contributed by atoms with E-state index < -0.39 is 11.8 Å². The number of urea groups is 1. The quantitative estimate of drug-likeness (QED) is 0.902. The molecular formula is C14H17FN4O2. The Morgan fingerprint density at radius 2 is 2.29 bits per heavy atom. The van der Waals surface area contributed by atoms with Crippen LogP contribution in [0.3, 0.4) is 0 Å². The summed E-state index contributed by atoms with van der Waals surface area (Å²) in [7, 11) is 1.54. The number of anilines is 1. The van der Waals surface area contributed by atoms with Crippen LogP contribution < -0.4 is 5.32 Å². The fourth-order valence-corrected chi connectivity index (χ4v) is 1.79. The molecule has 0 aliphatic heterocycles. The highest BCUT2D eigenvalue weighted by Crippen LogP contribution is 2.18. The number of nitrogens with one attached hydrogen (secondary N) is 1. The first-order chi connectivity index (χ1) is 10.0. The van der Waals surface area contributed by atoms with E-state index in [-0.39, 0.29) is 13.2 Å². The van der Waals surface area contributed by atoms with Gasteiger partial charge in [-0.1, -0.05) is 0 Å². The molecule has 0 spiro atoms. The van der Waals surface area contributed by atoms with Crippen LogP contribution in [0.1, 0.15) is 5.56 Å². The Labute approximate surface area is 121 Å². The van der Waals surface area contributed by atoms with Crippen LogP contribution in [0.4, 0.5) is 14.9 Å². The fourth-order valence-electron chi connectivity index (χ4n) is 1.79. The second-order valence-electron chi connectivity index (χ2n) is 4.70. The maximum atomic E-state index is 14.1. The van der Waals surface area contributed by atoms with Gasteiger partial charge in [-0.2, -0.15) is 5.10 Å². The molecule has 2 N–H and O–H groups in total. The number of carbonyl (C=O) groups is 1. The second-order valence-corrected chi connectivity index (χ2v) is 4.70. The molecule has 7 heteroatoms. The van der Waals surface area contributed by atoms with E-state index in [1.165, 1.54) is 15.6 Å². The van der Waals surface area contributed by atoms with E-state index in [4.69, 9.17) is 5.11 Å². The Morgan fingerprint density at radius 1 is 1.52 bits per heavy atom. The Kier molecular flexibility index (Phi) is 4.54. The molecule has 2 amide bonds. The van der Waals surface area contributed by atoms with Gasteiger partial charge in [0.2, 0.25) is 0 Å². The van der Waals surface area contributed by atoms with Gasteiger partial charge in [-0.3, -0.25) is 0 Å². The molecule has 0 saturated heterocycles. The molecule has 21 heavy (non-hydrogen) atoms. The molecular weight excluding hydrogens is 275 g/mol. The lowest BCUT2D eigenvalue weighted by molar-refractivity contribution is 0.202. The molecule has 112 valence electrons. The first kappa shape index (κ1) is 15.0. The van der Waals surface area contributed by atoms with Gasteiger partial charge in [-0.25, -0.2) is 13.9 Å². The van der Waals surface area contributed by atoms with E-state index in [0.717, 1.165) is 5.56 Å². The third kappa shape index (κ3) is 3.57. The summed E-state index contributed by atoms with van der Waals surface area (Å²) in [5, 5.41) is 15.4. The summed E-state index contributed by atoms with van der Waals surface area (Å²) in [5.41, 5.74) is 1.58. The van der Waals surface area contributed by atoms with Crippen LogP contribution >= 0.6 is 0 Å². The Hall–Kier alpha value is -2.41. The van der Waals surface area contributed by atoms with Gasteiger partial charge in [-0.05, 0) is 30.7 Å². The van der Waals surface area contributed by atoms with Crippen LogP contribution in [-0.2, 0) is 0 Å². The molecule has 6 nitrogen and oxygen atoms in total. The minimum absolute atomic E-state index is 0.129. The molecule has 1 aromatic carbocycles. The summed E-state index contributed by atoms with van der Waals surface area (Å²) < 4.78 is 15.5.